The molecule has 1 aliphatic heterocycles. The molecule has 8 heteroatoms. The Labute approximate surface area is 173 Å². The third-order valence-corrected chi connectivity index (χ3v) is 5.94. The number of carbonyl (C=O) groups is 1. The van der Waals surface area contributed by atoms with Crippen LogP contribution in [0.15, 0.2) is 53.7 Å². The van der Waals surface area contributed by atoms with Crippen LogP contribution in [0.2, 0.25) is 0 Å². The summed E-state index contributed by atoms with van der Waals surface area (Å²) in [5.74, 6) is 1.44. The summed E-state index contributed by atoms with van der Waals surface area (Å²) in [5.41, 5.74) is 6.35. The molecule has 1 aliphatic rings. The summed E-state index contributed by atoms with van der Waals surface area (Å²) >= 11 is 1.41. The Balaban J connectivity index is 1.59. The van der Waals surface area contributed by atoms with Crippen LogP contribution >= 0.6 is 11.8 Å². The summed E-state index contributed by atoms with van der Waals surface area (Å²) in [6, 6.07) is 15.4. The van der Waals surface area contributed by atoms with Gasteiger partial charge in [-0.15, -0.1) is 10.2 Å². The van der Waals surface area contributed by atoms with Gasteiger partial charge < -0.3 is 15.5 Å². The Bertz CT molecular complexity index is 1000. The molecular weight excluding hydrogens is 386 g/mol. The minimum absolute atomic E-state index is 0.0934. The molecule has 0 saturated heterocycles. The van der Waals surface area contributed by atoms with Gasteiger partial charge in [0.25, 0.3) is 0 Å². The maximum Gasteiger partial charge on any atom is 0.240 e. The van der Waals surface area contributed by atoms with Crippen molar-refractivity contribution in [2.75, 3.05) is 17.3 Å². The molecule has 0 spiro atoms. The summed E-state index contributed by atoms with van der Waals surface area (Å²) in [7, 11) is 0. The van der Waals surface area contributed by atoms with E-state index in [2.05, 4.69) is 45.2 Å². The summed E-state index contributed by atoms with van der Waals surface area (Å²) in [6.45, 7) is 6.48. The molecule has 29 heavy (non-hydrogen) atoms. The zero-order chi connectivity index (χ0) is 20.4. The lowest BCUT2D eigenvalue weighted by Crippen LogP contribution is -2.41. The predicted molar refractivity (Wildman–Crippen MR) is 114 cm³/mol. The van der Waals surface area contributed by atoms with E-state index < -0.39 is 5.25 Å². The smallest absolute Gasteiger partial charge is 0.240 e. The van der Waals surface area contributed by atoms with Gasteiger partial charge in [0.1, 0.15) is 16.8 Å². The van der Waals surface area contributed by atoms with Crippen LogP contribution in [0.4, 0.5) is 5.69 Å². The molecule has 7 nitrogen and oxygen atoms in total. The lowest BCUT2D eigenvalue weighted by Gasteiger charge is -2.32. The molecule has 1 amide bonds. The van der Waals surface area contributed by atoms with Crippen molar-refractivity contribution in [2.45, 2.75) is 37.2 Å². The van der Waals surface area contributed by atoms with Crippen molar-refractivity contribution >= 4 is 23.4 Å². The van der Waals surface area contributed by atoms with Crippen LogP contribution in [-0.4, -0.2) is 32.6 Å². The van der Waals surface area contributed by atoms with Crippen LogP contribution in [0.5, 0.6) is 5.75 Å². The van der Waals surface area contributed by atoms with Crippen molar-refractivity contribution in [1.82, 2.24) is 14.9 Å². The maximum absolute atomic E-state index is 13.2. The molecule has 2 atom stereocenters. The van der Waals surface area contributed by atoms with Gasteiger partial charge in [0.15, 0.2) is 0 Å². The van der Waals surface area contributed by atoms with Crippen LogP contribution in [-0.2, 0) is 4.79 Å². The number of nitrogens with zero attached hydrogens (tertiary/aromatic N) is 3. The van der Waals surface area contributed by atoms with E-state index in [4.69, 9.17) is 4.74 Å². The number of benzene rings is 2. The first-order valence-electron chi connectivity index (χ1n) is 9.50. The molecule has 4 rings (SSSR count). The Morgan fingerprint density at radius 3 is 2.55 bits per heavy atom. The topological polar surface area (TPSA) is 81.1 Å². The standard InChI is InChI=1S/C21H23N5O2S/c1-4-28-17-11-9-16(10-12-17)22-20(27)19-18(15-7-5-13(2)6-8-15)25-26-14(3)23-24-21(26)29-19/h5-12,18-19,25H,4H2,1-3H3,(H,22,27)/t18-,19+/m0/s1. The number of nitrogens with one attached hydrogen (secondary N) is 2. The molecule has 3 aromatic rings. The summed E-state index contributed by atoms with van der Waals surface area (Å²) < 4.78 is 7.31. The number of carbonyl (C=O) groups excluding carboxylic acids is 1. The van der Waals surface area contributed by atoms with E-state index in [-0.39, 0.29) is 11.9 Å². The Hall–Kier alpha value is -3.00. The van der Waals surface area contributed by atoms with Crippen LogP contribution < -0.4 is 15.5 Å². The lowest BCUT2D eigenvalue weighted by molar-refractivity contribution is -0.116. The van der Waals surface area contributed by atoms with E-state index in [1.54, 1.807) is 0 Å². The number of thioether (sulfide) groups is 1. The number of ether oxygens (including phenoxy) is 1. The molecule has 0 radical (unpaired) electrons. The average Bonchev–Trinajstić information content (AvgIpc) is 3.09. The van der Waals surface area contributed by atoms with Gasteiger partial charge in [-0.1, -0.05) is 41.6 Å². The molecule has 0 saturated carbocycles. The molecule has 0 unspecified atom stereocenters. The highest BCUT2D eigenvalue weighted by Crippen LogP contribution is 2.37. The van der Waals surface area contributed by atoms with Crippen molar-refractivity contribution in [3.63, 3.8) is 0 Å². The molecule has 150 valence electrons. The summed E-state index contributed by atoms with van der Waals surface area (Å²) in [6.07, 6.45) is 0. The SMILES string of the molecule is CCOc1ccc(NC(=O)[C@@H]2Sc3nnc(C)n3N[C@H]2c2ccc(C)cc2)cc1. The van der Waals surface area contributed by atoms with Crippen LogP contribution in [0, 0.1) is 13.8 Å². The van der Waals surface area contributed by atoms with Gasteiger partial charge >= 0.3 is 0 Å². The molecule has 0 aliphatic carbocycles. The fraction of sp³-hybridized carbons (Fsp3) is 0.286. The largest absolute Gasteiger partial charge is 0.494 e. The van der Waals surface area contributed by atoms with Crippen molar-refractivity contribution in [3.8, 4) is 5.75 Å². The first-order valence-corrected chi connectivity index (χ1v) is 10.4. The van der Waals surface area contributed by atoms with E-state index in [9.17, 15) is 4.79 Å². The minimum Gasteiger partial charge on any atom is -0.494 e. The highest BCUT2D eigenvalue weighted by Gasteiger charge is 2.37. The van der Waals surface area contributed by atoms with Crippen molar-refractivity contribution in [3.05, 3.63) is 65.5 Å². The van der Waals surface area contributed by atoms with E-state index >= 15 is 0 Å². The van der Waals surface area contributed by atoms with Crippen molar-refractivity contribution in [2.24, 2.45) is 0 Å². The van der Waals surface area contributed by atoms with Crippen molar-refractivity contribution in [1.29, 1.82) is 0 Å². The Morgan fingerprint density at radius 2 is 1.86 bits per heavy atom. The molecule has 0 bridgehead atoms. The van der Waals surface area contributed by atoms with Gasteiger partial charge in [-0.3, -0.25) is 4.79 Å². The number of aromatic nitrogens is 3. The molecule has 1 aromatic heterocycles. The number of hydrogen-bond donors (Lipinski definition) is 2. The van der Waals surface area contributed by atoms with E-state index in [1.165, 1.54) is 17.3 Å². The quantitative estimate of drug-likeness (QED) is 0.669. The highest BCUT2D eigenvalue weighted by molar-refractivity contribution is 8.00. The third kappa shape index (κ3) is 4.07. The monoisotopic (exact) mass is 409 g/mol. The van der Waals surface area contributed by atoms with Crippen molar-refractivity contribution < 1.29 is 9.53 Å². The van der Waals surface area contributed by atoms with Gasteiger partial charge in [-0.05, 0) is 50.6 Å². The van der Waals surface area contributed by atoms with Gasteiger partial charge in [0.05, 0.1) is 12.6 Å². The highest BCUT2D eigenvalue weighted by atomic mass is 32.2. The molecule has 2 aromatic carbocycles. The first-order chi connectivity index (χ1) is 14.0. The number of rotatable bonds is 5. The van der Waals surface area contributed by atoms with Crippen LogP contribution in [0.1, 0.15) is 29.9 Å². The summed E-state index contributed by atoms with van der Waals surface area (Å²) in [5, 5.41) is 11.6. The number of anilines is 1. The number of aryl methyl sites for hydroxylation is 2. The predicted octanol–water partition coefficient (Wildman–Crippen LogP) is 3.69. The molecular formula is C21H23N5O2S. The molecule has 2 N–H and O–H groups in total. The first kappa shape index (κ1) is 19.3. The Kier molecular flexibility index (Phi) is 5.44. The third-order valence-electron chi connectivity index (χ3n) is 4.73. The van der Waals surface area contributed by atoms with Crippen LogP contribution in [0.3, 0.4) is 0 Å². The number of fused-ring (bicyclic) bond motifs is 1. The van der Waals surface area contributed by atoms with Gasteiger partial charge in [-0.25, -0.2) is 4.68 Å². The second kappa shape index (κ2) is 8.16. The molecule has 0 fully saturated rings. The molecule has 2 heterocycles. The number of amides is 1. The average molecular weight is 410 g/mol. The second-order valence-electron chi connectivity index (χ2n) is 6.87. The zero-order valence-electron chi connectivity index (χ0n) is 16.5. The fourth-order valence-corrected chi connectivity index (χ4v) is 4.32. The van der Waals surface area contributed by atoms with Gasteiger partial charge in [0.2, 0.25) is 11.1 Å². The number of hydrogen-bond acceptors (Lipinski definition) is 6. The van der Waals surface area contributed by atoms with Gasteiger partial charge in [0, 0.05) is 5.69 Å². The Morgan fingerprint density at radius 1 is 1.14 bits per heavy atom. The van der Waals surface area contributed by atoms with E-state index in [1.807, 2.05) is 49.7 Å². The minimum atomic E-state index is -0.402. The maximum atomic E-state index is 13.2. The zero-order valence-corrected chi connectivity index (χ0v) is 17.4. The van der Waals surface area contributed by atoms with E-state index in [0.717, 1.165) is 22.8 Å². The summed E-state index contributed by atoms with van der Waals surface area (Å²) in [4.78, 5) is 13.2. The van der Waals surface area contributed by atoms with Crippen LogP contribution in [0.25, 0.3) is 0 Å². The lowest BCUT2D eigenvalue weighted by atomic mass is 10.0. The fourth-order valence-electron chi connectivity index (χ4n) is 3.20. The second-order valence-corrected chi connectivity index (χ2v) is 7.98. The normalized spacial score (nSPS) is 17.9. The van der Waals surface area contributed by atoms with E-state index in [0.29, 0.717) is 11.8 Å². The van der Waals surface area contributed by atoms with Gasteiger partial charge in [-0.2, -0.15) is 0 Å².